The molecule has 1 atom stereocenters. The molecule has 19 heavy (non-hydrogen) atoms. The first-order valence-corrected chi connectivity index (χ1v) is 6.97. The van der Waals surface area contributed by atoms with Crippen LogP contribution in [-0.4, -0.2) is 36.6 Å². The highest BCUT2D eigenvalue weighted by Gasteiger charge is 2.33. The fourth-order valence-electron chi connectivity index (χ4n) is 2.80. The number of nitrogens with zero attached hydrogens (tertiary/aromatic N) is 2. The van der Waals surface area contributed by atoms with Crippen LogP contribution in [0.5, 0.6) is 5.75 Å². The topological polar surface area (TPSA) is 51.4 Å². The lowest BCUT2D eigenvalue weighted by molar-refractivity contribution is 0.212. The van der Waals surface area contributed by atoms with Crippen LogP contribution in [0.25, 0.3) is 0 Å². The predicted molar refractivity (Wildman–Crippen MR) is 77.3 cm³/mol. The van der Waals surface area contributed by atoms with Crippen molar-refractivity contribution in [1.29, 1.82) is 0 Å². The third-order valence-corrected chi connectivity index (χ3v) is 4.12. The lowest BCUT2D eigenvalue weighted by Gasteiger charge is -2.27. The summed E-state index contributed by atoms with van der Waals surface area (Å²) in [5.74, 6) is 1.73. The van der Waals surface area contributed by atoms with E-state index in [0.29, 0.717) is 6.04 Å². The molecule has 1 aromatic rings. The number of aryl methyl sites for hydroxylation is 1. The summed E-state index contributed by atoms with van der Waals surface area (Å²) >= 11 is 0. The standard InChI is InChI=1S/C15H25N3O/c1-10-8-17-13(11(2)15(10)19-4)9-18(3)14(7-16)12-5-6-12/h8,12,14H,5-7,9,16H2,1-4H3. The first kappa shape index (κ1) is 14.3. The van der Waals surface area contributed by atoms with Crippen LogP contribution in [0.4, 0.5) is 0 Å². The largest absolute Gasteiger partial charge is 0.496 e. The van der Waals surface area contributed by atoms with Gasteiger partial charge in [0, 0.05) is 36.5 Å². The van der Waals surface area contributed by atoms with Crippen molar-refractivity contribution in [1.82, 2.24) is 9.88 Å². The molecule has 0 amide bonds. The molecule has 0 aromatic carbocycles. The lowest BCUT2D eigenvalue weighted by Crippen LogP contribution is -2.39. The molecule has 4 nitrogen and oxygen atoms in total. The average molecular weight is 263 g/mol. The quantitative estimate of drug-likeness (QED) is 0.851. The minimum atomic E-state index is 0.480. The summed E-state index contributed by atoms with van der Waals surface area (Å²) in [7, 11) is 3.86. The molecule has 0 spiro atoms. The van der Waals surface area contributed by atoms with Gasteiger partial charge in [0.25, 0.3) is 0 Å². The molecule has 1 aromatic heterocycles. The first-order valence-electron chi connectivity index (χ1n) is 6.97. The Balaban J connectivity index is 2.14. The van der Waals surface area contributed by atoms with Gasteiger partial charge < -0.3 is 10.5 Å². The Hall–Kier alpha value is -1.13. The van der Waals surface area contributed by atoms with Crippen molar-refractivity contribution in [2.75, 3.05) is 20.7 Å². The molecule has 1 unspecified atom stereocenters. The SMILES string of the molecule is COc1c(C)cnc(CN(C)C(CN)C2CC2)c1C. The van der Waals surface area contributed by atoms with E-state index in [1.807, 2.05) is 13.1 Å². The summed E-state index contributed by atoms with van der Waals surface area (Å²) < 4.78 is 5.46. The number of hydrogen-bond donors (Lipinski definition) is 1. The summed E-state index contributed by atoms with van der Waals surface area (Å²) in [5, 5.41) is 0. The minimum Gasteiger partial charge on any atom is -0.496 e. The number of aromatic nitrogens is 1. The van der Waals surface area contributed by atoms with E-state index in [0.717, 1.165) is 41.6 Å². The highest BCUT2D eigenvalue weighted by Crippen LogP contribution is 2.35. The zero-order valence-electron chi connectivity index (χ0n) is 12.4. The Bertz CT molecular complexity index is 443. The maximum Gasteiger partial charge on any atom is 0.128 e. The van der Waals surface area contributed by atoms with Crippen LogP contribution in [0.1, 0.15) is 29.7 Å². The molecule has 4 heteroatoms. The van der Waals surface area contributed by atoms with Crippen molar-refractivity contribution < 1.29 is 4.74 Å². The number of nitrogens with two attached hydrogens (primary N) is 1. The van der Waals surface area contributed by atoms with E-state index in [4.69, 9.17) is 10.5 Å². The molecule has 2 N–H and O–H groups in total. The van der Waals surface area contributed by atoms with Crippen molar-refractivity contribution in [2.24, 2.45) is 11.7 Å². The van der Waals surface area contributed by atoms with Gasteiger partial charge in [-0.2, -0.15) is 0 Å². The fraction of sp³-hybridized carbons (Fsp3) is 0.667. The van der Waals surface area contributed by atoms with Crippen LogP contribution in [0.3, 0.4) is 0 Å². The van der Waals surface area contributed by atoms with Gasteiger partial charge in [-0.1, -0.05) is 0 Å². The van der Waals surface area contributed by atoms with Gasteiger partial charge in [-0.05, 0) is 39.7 Å². The fourth-order valence-corrected chi connectivity index (χ4v) is 2.80. The Labute approximate surface area is 116 Å². The van der Waals surface area contributed by atoms with Crippen molar-refractivity contribution in [3.05, 3.63) is 23.0 Å². The highest BCUT2D eigenvalue weighted by atomic mass is 16.5. The van der Waals surface area contributed by atoms with Gasteiger partial charge in [0.15, 0.2) is 0 Å². The molecule has 1 heterocycles. The summed E-state index contributed by atoms with van der Waals surface area (Å²) in [6.45, 7) is 5.67. The number of hydrogen-bond acceptors (Lipinski definition) is 4. The van der Waals surface area contributed by atoms with Gasteiger partial charge in [-0.3, -0.25) is 9.88 Å². The van der Waals surface area contributed by atoms with Crippen molar-refractivity contribution >= 4 is 0 Å². The summed E-state index contributed by atoms with van der Waals surface area (Å²) in [6, 6.07) is 0.480. The molecule has 0 radical (unpaired) electrons. The van der Waals surface area contributed by atoms with E-state index in [1.54, 1.807) is 7.11 Å². The molecular formula is C15H25N3O. The molecule has 1 saturated carbocycles. The monoisotopic (exact) mass is 263 g/mol. The van der Waals surface area contributed by atoms with Crippen LogP contribution in [-0.2, 0) is 6.54 Å². The molecular weight excluding hydrogens is 238 g/mol. The highest BCUT2D eigenvalue weighted by molar-refractivity contribution is 5.41. The third kappa shape index (κ3) is 3.07. The van der Waals surface area contributed by atoms with Gasteiger partial charge in [0.05, 0.1) is 12.8 Å². The maximum atomic E-state index is 5.90. The molecule has 2 rings (SSSR count). The van der Waals surface area contributed by atoms with E-state index in [2.05, 4.69) is 23.9 Å². The number of pyridine rings is 1. The normalized spacial score (nSPS) is 16.7. The first-order chi connectivity index (χ1) is 9.08. The minimum absolute atomic E-state index is 0.480. The van der Waals surface area contributed by atoms with Crippen molar-refractivity contribution in [2.45, 2.75) is 39.3 Å². The van der Waals surface area contributed by atoms with Gasteiger partial charge in [0.1, 0.15) is 5.75 Å². The summed E-state index contributed by atoms with van der Waals surface area (Å²) in [4.78, 5) is 6.90. The van der Waals surface area contributed by atoms with Gasteiger partial charge >= 0.3 is 0 Å². The molecule has 106 valence electrons. The smallest absolute Gasteiger partial charge is 0.128 e. The average Bonchev–Trinajstić information content (AvgIpc) is 3.19. The Morgan fingerprint density at radius 2 is 2.16 bits per heavy atom. The van der Waals surface area contributed by atoms with E-state index in [9.17, 15) is 0 Å². The second-order valence-corrected chi connectivity index (χ2v) is 5.60. The number of rotatable bonds is 6. The summed E-state index contributed by atoms with van der Waals surface area (Å²) in [5.41, 5.74) is 9.21. The molecule has 0 aliphatic heterocycles. The van der Waals surface area contributed by atoms with Crippen molar-refractivity contribution in [3.8, 4) is 5.75 Å². The Morgan fingerprint density at radius 1 is 1.47 bits per heavy atom. The van der Waals surface area contributed by atoms with Crippen LogP contribution in [0.2, 0.25) is 0 Å². The van der Waals surface area contributed by atoms with Gasteiger partial charge in [-0.25, -0.2) is 0 Å². The zero-order chi connectivity index (χ0) is 14.0. The van der Waals surface area contributed by atoms with E-state index < -0.39 is 0 Å². The summed E-state index contributed by atoms with van der Waals surface area (Å²) in [6.07, 6.45) is 4.52. The van der Waals surface area contributed by atoms with Crippen LogP contribution >= 0.6 is 0 Å². The zero-order valence-corrected chi connectivity index (χ0v) is 12.4. The maximum absolute atomic E-state index is 5.90. The van der Waals surface area contributed by atoms with E-state index >= 15 is 0 Å². The van der Waals surface area contributed by atoms with Crippen LogP contribution in [0.15, 0.2) is 6.20 Å². The van der Waals surface area contributed by atoms with E-state index in [1.165, 1.54) is 12.8 Å². The van der Waals surface area contributed by atoms with Crippen molar-refractivity contribution in [3.63, 3.8) is 0 Å². The molecule has 1 aliphatic rings. The number of ether oxygens (including phenoxy) is 1. The van der Waals surface area contributed by atoms with E-state index in [-0.39, 0.29) is 0 Å². The second kappa shape index (κ2) is 5.88. The second-order valence-electron chi connectivity index (χ2n) is 5.60. The molecule has 0 bridgehead atoms. The van der Waals surface area contributed by atoms with Crippen LogP contribution in [0, 0.1) is 19.8 Å². The Morgan fingerprint density at radius 3 is 2.68 bits per heavy atom. The van der Waals surface area contributed by atoms with Crippen LogP contribution < -0.4 is 10.5 Å². The molecule has 1 fully saturated rings. The third-order valence-electron chi connectivity index (χ3n) is 4.12. The molecule has 0 saturated heterocycles. The number of methoxy groups -OCH3 is 1. The Kier molecular flexibility index (Phi) is 4.42. The predicted octanol–water partition coefficient (Wildman–Crippen LogP) is 1.88. The van der Waals surface area contributed by atoms with Gasteiger partial charge in [-0.15, -0.1) is 0 Å². The molecule has 1 aliphatic carbocycles. The lowest BCUT2D eigenvalue weighted by atomic mass is 10.1. The van der Waals surface area contributed by atoms with Gasteiger partial charge in [0.2, 0.25) is 0 Å². The number of likely N-dealkylation sites (N-methyl/N-ethyl adjacent to an activating group) is 1.